The fraction of sp³-hybridized carbons (Fsp3) is 0.226. The summed E-state index contributed by atoms with van der Waals surface area (Å²) in [5, 5.41) is 7.51. The number of hydrogen-bond acceptors (Lipinski definition) is 3. The first-order chi connectivity index (χ1) is 16.5. The topological polar surface area (TPSA) is 24.1 Å². The fourth-order valence-corrected chi connectivity index (χ4v) is 5.08. The molecule has 0 bridgehead atoms. The molecule has 4 rings (SSSR count). The van der Waals surface area contributed by atoms with Crippen LogP contribution >= 0.6 is 11.8 Å². The standard InChI is InChI=1S/C31H34N2S/c1-22(2)26-16-12-17-27(23(3)4)31(26)32-21-24-13-8-9-18-28(24)33-29-19-10-11-20-30(29)34-25-14-6-5-7-15-25/h5-20,22-23,32-33H,21H2,1-4H3. The number of nitrogens with one attached hydrogen (secondary N) is 2. The zero-order valence-corrected chi connectivity index (χ0v) is 21.3. The SMILES string of the molecule is CC(C)c1cccc(C(C)C)c1NCc1ccccc1Nc1ccccc1Sc1ccccc1. The maximum Gasteiger partial charge on any atom is 0.0526 e. The molecule has 3 heteroatoms. The molecule has 34 heavy (non-hydrogen) atoms. The Balaban J connectivity index is 1.58. The Hall–Kier alpha value is -3.17. The van der Waals surface area contributed by atoms with E-state index in [2.05, 4.69) is 135 Å². The van der Waals surface area contributed by atoms with Gasteiger partial charge in [-0.2, -0.15) is 0 Å². The molecule has 174 valence electrons. The third-order valence-electron chi connectivity index (χ3n) is 5.97. The fourth-order valence-electron chi connectivity index (χ4n) is 4.15. The van der Waals surface area contributed by atoms with Crippen LogP contribution in [0.25, 0.3) is 0 Å². The largest absolute Gasteiger partial charge is 0.380 e. The van der Waals surface area contributed by atoms with Crippen molar-refractivity contribution in [1.29, 1.82) is 0 Å². The van der Waals surface area contributed by atoms with E-state index in [0.717, 1.165) is 17.9 Å². The molecule has 0 aromatic heterocycles. The van der Waals surface area contributed by atoms with Crippen molar-refractivity contribution in [3.8, 4) is 0 Å². The van der Waals surface area contributed by atoms with Crippen molar-refractivity contribution >= 4 is 28.8 Å². The first kappa shape index (κ1) is 24.0. The van der Waals surface area contributed by atoms with E-state index in [-0.39, 0.29) is 0 Å². The molecule has 0 fully saturated rings. The van der Waals surface area contributed by atoms with Gasteiger partial charge < -0.3 is 10.6 Å². The van der Waals surface area contributed by atoms with Gasteiger partial charge in [-0.15, -0.1) is 0 Å². The second-order valence-corrected chi connectivity index (χ2v) is 10.3. The second kappa shape index (κ2) is 11.3. The van der Waals surface area contributed by atoms with Gasteiger partial charge in [-0.3, -0.25) is 0 Å². The van der Waals surface area contributed by atoms with Gasteiger partial charge in [-0.25, -0.2) is 0 Å². The Morgan fingerprint density at radius 2 is 1.21 bits per heavy atom. The van der Waals surface area contributed by atoms with Gasteiger partial charge in [0.25, 0.3) is 0 Å². The van der Waals surface area contributed by atoms with E-state index >= 15 is 0 Å². The van der Waals surface area contributed by atoms with Crippen molar-refractivity contribution in [3.05, 3.63) is 114 Å². The molecule has 2 N–H and O–H groups in total. The van der Waals surface area contributed by atoms with Crippen LogP contribution in [-0.2, 0) is 6.54 Å². The molecule has 0 aliphatic rings. The summed E-state index contributed by atoms with van der Waals surface area (Å²) in [6.07, 6.45) is 0. The van der Waals surface area contributed by atoms with Gasteiger partial charge in [0.1, 0.15) is 0 Å². The van der Waals surface area contributed by atoms with Gasteiger partial charge in [0.2, 0.25) is 0 Å². The molecular weight excluding hydrogens is 432 g/mol. The van der Waals surface area contributed by atoms with Crippen LogP contribution in [0.4, 0.5) is 17.1 Å². The van der Waals surface area contributed by atoms with Crippen molar-refractivity contribution in [2.75, 3.05) is 10.6 Å². The molecule has 0 unspecified atom stereocenters. The molecule has 0 radical (unpaired) electrons. The Bertz CT molecular complexity index is 1190. The van der Waals surface area contributed by atoms with Gasteiger partial charge in [0, 0.05) is 27.7 Å². The van der Waals surface area contributed by atoms with Crippen LogP contribution in [0.15, 0.2) is 107 Å². The molecule has 2 nitrogen and oxygen atoms in total. The summed E-state index contributed by atoms with van der Waals surface area (Å²) >= 11 is 1.78. The average molecular weight is 467 g/mol. The molecule has 4 aromatic rings. The number of hydrogen-bond donors (Lipinski definition) is 2. The van der Waals surface area contributed by atoms with Crippen LogP contribution < -0.4 is 10.6 Å². The summed E-state index contributed by atoms with van der Waals surface area (Å²) in [6, 6.07) is 34.3. The van der Waals surface area contributed by atoms with Crippen molar-refractivity contribution in [2.45, 2.75) is 55.9 Å². The highest BCUT2D eigenvalue weighted by molar-refractivity contribution is 7.99. The van der Waals surface area contributed by atoms with Crippen molar-refractivity contribution in [1.82, 2.24) is 0 Å². The lowest BCUT2D eigenvalue weighted by Gasteiger charge is -2.22. The average Bonchev–Trinajstić information content (AvgIpc) is 2.85. The summed E-state index contributed by atoms with van der Waals surface area (Å²) in [7, 11) is 0. The minimum Gasteiger partial charge on any atom is -0.380 e. The molecule has 0 aliphatic heterocycles. The number of benzene rings is 4. The summed E-state index contributed by atoms with van der Waals surface area (Å²) in [4.78, 5) is 2.45. The maximum absolute atomic E-state index is 3.80. The molecule has 0 aliphatic carbocycles. The molecule has 4 aromatic carbocycles. The zero-order chi connectivity index (χ0) is 23.9. The normalized spacial score (nSPS) is 11.1. The molecule has 0 saturated heterocycles. The minimum absolute atomic E-state index is 0.469. The third-order valence-corrected chi connectivity index (χ3v) is 7.06. The molecule has 0 amide bonds. The summed E-state index contributed by atoms with van der Waals surface area (Å²) in [5.74, 6) is 0.938. The number of rotatable bonds is 9. The second-order valence-electron chi connectivity index (χ2n) is 9.17. The van der Waals surface area contributed by atoms with Crippen molar-refractivity contribution < 1.29 is 0 Å². The predicted octanol–water partition coefficient (Wildman–Crippen LogP) is 9.44. The van der Waals surface area contributed by atoms with Crippen LogP contribution in [0, 0.1) is 0 Å². The van der Waals surface area contributed by atoms with E-state index in [1.807, 2.05) is 0 Å². The van der Waals surface area contributed by atoms with Crippen molar-refractivity contribution in [2.24, 2.45) is 0 Å². The van der Waals surface area contributed by atoms with E-state index < -0.39 is 0 Å². The smallest absolute Gasteiger partial charge is 0.0526 e. The van der Waals surface area contributed by atoms with E-state index in [4.69, 9.17) is 0 Å². The highest BCUT2D eigenvalue weighted by atomic mass is 32.2. The number of para-hydroxylation sites is 3. The lowest BCUT2D eigenvalue weighted by Crippen LogP contribution is -2.09. The molecular formula is C31H34N2S. The van der Waals surface area contributed by atoms with Crippen LogP contribution in [0.2, 0.25) is 0 Å². The molecule has 0 spiro atoms. The minimum atomic E-state index is 0.469. The quantitative estimate of drug-likeness (QED) is 0.257. The molecule has 0 saturated carbocycles. The summed E-state index contributed by atoms with van der Waals surface area (Å²) < 4.78 is 0. The van der Waals surface area contributed by atoms with Crippen LogP contribution in [-0.4, -0.2) is 0 Å². The zero-order valence-electron chi connectivity index (χ0n) is 20.5. The van der Waals surface area contributed by atoms with Crippen molar-refractivity contribution in [3.63, 3.8) is 0 Å². The first-order valence-corrected chi connectivity index (χ1v) is 12.9. The van der Waals surface area contributed by atoms with Crippen LogP contribution in [0.3, 0.4) is 0 Å². The maximum atomic E-state index is 3.80. The number of anilines is 3. The van der Waals surface area contributed by atoms with Gasteiger partial charge in [-0.1, -0.05) is 106 Å². The Morgan fingerprint density at radius 1 is 0.618 bits per heavy atom. The predicted molar refractivity (Wildman–Crippen MR) is 149 cm³/mol. The van der Waals surface area contributed by atoms with E-state index in [1.165, 1.54) is 32.2 Å². The third kappa shape index (κ3) is 5.84. The lowest BCUT2D eigenvalue weighted by atomic mass is 9.92. The first-order valence-electron chi connectivity index (χ1n) is 12.1. The summed E-state index contributed by atoms with van der Waals surface area (Å²) in [5.41, 5.74) is 7.53. The van der Waals surface area contributed by atoms with Gasteiger partial charge >= 0.3 is 0 Å². The van der Waals surface area contributed by atoms with Gasteiger partial charge in [-0.05, 0) is 58.9 Å². The molecule has 0 atom stereocenters. The Morgan fingerprint density at radius 3 is 1.88 bits per heavy atom. The van der Waals surface area contributed by atoms with Gasteiger partial charge in [0.15, 0.2) is 0 Å². The Labute approximate surface area is 208 Å². The van der Waals surface area contributed by atoms with Crippen LogP contribution in [0.5, 0.6) is 0 Å². The van der Waals surface area contributed by atoms with Crippen LogP contribution in [0.1, 0.15) is 56.2 Å². The van der Waals surface area contributed by atoms with Gasteiger partial charge in [0.05, 0.1) is 5.69 Å². The van der Waals surface area contributed by atoms with E-state index in [9.17, 15) is 0 Å². The summed E-state index contributed by atoms with van der Waals surface area (Å²) in [6.45, 7) is 9.83. The monoisotopic (exact) mass is 466 g/mol. The Kier molecular flexibility index (Phi) is 7.97. The van der Waals surface area contributed by atoms with E-state index in [0.29, 0.717) is 11.8 Å². The highest BCUT2D eigenvalue weighted by Gasteiger charge is 2.14. The van der Waals surface area contributed by atoms with E-state index in [1.54, 1.807) is 11.8 Å². The lowest BCUT2D eigenvalue weighted by molar-refractivity contribution is 0.833. The molecule has 0 heterocycles. The highest BCUT2D eigenvalue weighted by Crippen LogP contribution is 2.36.